The van der Waals surface area contributed by atoms with Crippen LogP contribution in [0.5, 0.6) is 0 Å². The molecule has 172 valence electrons. The van der Waals surface area contributed by atoms with Crippen LogP contribution in [0.4, 0.5) is 0 Å². The molecule has 29 heavy (non-hydrogen) atoms. The summed E-state index contributed by atoms with van der Waals surface area (Å²) in [7, 11) is 0. The van der Waals surface area contributed by atoms with Gasteiger partial charge in [0.25, 0.3) is 0 Å². The highest BCUT2D eigenvalue weighted by atomic mass is 16.6. The van der Waals surface area contributed by atoms with Gasteiger partial charge in [-0.05, 0) is 0 Å². The summed E-state index contributed by atoms with van der Waals surface area (Å²) in [6.07, 6.45) is 0.441. The molecule has 0 aromatic carbocycles. The average molecular weight is 424 g/mol. The van der Waals surface area contributed by atoms with Gasteiger partial charge in [-0.3, -0.25) is 9.59 Å². The maximum absolute atomic E-state index is 10.5. The minimum atomic E-state index is -0.376. The van der Waals surface area contributed by atoms with Crippen LogP contribution < -0.4 is 11.5 Å². The van der Waals surface area contributed by atoms with Crippen LogP contribution in [0, 0.1) is 0 Å². The molecule has 0 atom stereocenters. The van der Waals surface area contributed by atoms with Crippen LogP contribution in [0.3, 0.4) is 0 Å². The second-order valence-corrected chi connectivity index (χ2v) is 5.72. The van der Waals surface area contributed by atoms with Crippen molar-refractivity contribution in [2.75, 3.05) is 92.5 Å². The molecule has 4 N–H and O–H groups in total. The van der Waals surface area contributed by atoms with Crippen LogP contribution >= 0.6 is 0 Å². The number of carbonyl (C=O) groups excluding carboxylic acids is 2. The van der Waals surface area contributed by atoms with Crippen molar-refractivity contribution in [3.8, 4) is 0 Å². The standard InChI is InChI=1S/C18H36N2O9/c19-17(21)1-3-23-5-7-25-9-11-27-13-15-29-16-14-28-12-10-26-8-6-24-4-2-18(20)22/h1-16H2,(H2,19,21)(H2,20,22). The molecular weight excluding hydrogens is 388 g/mol. The molecular formula is C18H36N2O9. The van der Waals surface area contributed by atoms with Crippen molar-refractivity contribution < 1.29 is 42.7 Å². The van der Waals surface area contributed by atoms with E-state index >= 15 is 0 Å². The second-order valence-electron chi connectivity index (χ2n) is 5.72. The first-order chi connectivity index (χ1) is 14.1. The Hall–Kier alpha value is -1.34. The predicted octanol–water partition coefficient (Wildman–Crippen LogP) is -1.15. The van der Waals surface area contributed by atoms with E-state index in [1.807, 2.05) is 0 Å². The first-order valence-corrected chi connectivity index (χ1v) is 9.73. The Morgan fingerprint density at radius 1 is 0.379 bits per heavy atom. The summed E-state index contributed by atoms with van der Waals surface area (Å²) in [6, 6.07) is 0. The van der Waals surface area contributed by atoms with Gasteiger partial charge < -0.3 is 44.6 Å². The fraction of sp³-hybridized carbons (Fsp3) is 0.889. The van der Waals surface area contributed by atoms with E-state index < -0.39 is 0 Å². The van der Waals surface area contributed by atoms with Crippen molar-refractivity contribution in [3.05, 3.63) is 0 Å². The minimum absolute atomic E-state index is 0.220. The van der Waals surface area contributed by atoms with Crippen molar-refractivity contribution in [3.63, 3.8) is 0 Å². The van der Waals surface area contributed by atoms with Crippen molar-refractivity contribution in [1.82, 2.24) is 0 Å². The Morgan fingerprint density at radius 2 is 0.552 bits per heavy atom. The molecule has 0 aliphatic heterocycles. The van der Waals surface area contributed by atoms with Crippen LogP contribution in [0.2, 0.25) is 0 Å². The fourth-order valence-electron chi connectivity index (χ4n) is 1.77. The normalized spacial score (nSPS) is 11.0. The van der Waals surface area contributed by atoms with Gasteiger partial charge in [-0.25, -0.2) is 0 Å². The Bertz CT molecular complexity index is 352. The smallest absolute Gasteiger partial charge is 0.219 e. The molecule has 0 saturated carbocycles. The largest absolute Gasteiger partial charge is 0.379 e. The van der Waals surface area contributed by atoms with Gasteiger partial charge in [0.2, 0.25) is 11.8 Å². The molecule has 0 saturated heterocycles. The van der Waals surface area contributed by atoms with Crippen LogP contribution in [0.1, 0.15) is 12.8 Å². The third kappa shape index (κ3) is 26.7. The van der Waals surface area contributed by atoms with E-state index in [-0.39, 0.29) is 24.7 Å². The maximum atomic E-state index is 10.5. The molecule has 0 bridgehead atoms. The number of rotatable bonds is 24. The molecule has 0 unspecified atom stereocenters. The summed E-state index contributed by atoms with van der Waals surface area (Å²) in [5, 5.41) is 0. The van der Waals surface area contributed by atoms with Gasteiger partial charge in [0.05, 0.1) is 92.5 Å². The SMILES string of the molecule is NC(=O)CCOCCOCCOCCOCCOCCOCCOCCC(N)=O. The van der Waals surface area contributed by atoms with Crippen molar-refractivity contribution in [1.29, 1.82) is 0 Å². The zero-order chi connectivity index (χ0) is 21.4. The van der Waals surface area contributed by atoms with Gasteiger partial charge in [0, 0.05) is 12.8 Å². The summed E-state index contributed by atoms with van der Waals surface area (Å²) in [6.45, 7) is 6.21. The molecule has 11 heteroatoms. The Balaban J connectivity index is 3.01. The summed E-state index contributed by atoms with van der Waals surface area (Å²) < 4.78 is 37.0. The Morgan fingerprint density at radius 3 is 0.724 bits per heavy atom. The third-order valence-electron chi connectivity index (χ3n) is 3.22. The van der Waals surface area contributed by atoms with E-state index in [4.69, 9.17) is 44.6 Å². The lowest BCUT2D eigenvalue weighted by atomic mass is 10.4. The molecule has 11 nitrogen and oxygen atoms in total. The Kier molecular flexibility index (Phi) is 21.9. The topological polar surface area (TPSA) is 151 Å². The van der Waals surface area contributed by atoms with Crippen molar-refractivity contribution in [2.24, 2.45) is 11.5 Å². The first kappa shape index (κ1) is 27.7. The van der Waals surface area contributed by atoms with E-state index in [2.05, 4.69) is 0 Å². The highest BCUT2D eigenvalue weighted by molar-refractivity contribution is 5.74. The Labute approximate surface area is 172 Å². The van der Waals surface area contributed by atoms with Crippen molar-refractivity contribution in [2.45, 2.75) is 12.8 Å². The van der Waals surface area contributed by atoms with Gasteiger partial charge in [-0.15, -0.1) is 0 Å². The number of amides is 2. The number of hydrogen-bond donors (Lipinski definition) is 2. The number of nitrogens with two attached hydrogens (primary N) is 2. The van der Waals surface area contributed by atoms with Gasteiger partial charge in [0.1, 0.15) is 0 Å². The van der Waals surface area contributed by atoms with Gasteiger partial charge in [-0.1, -0.05) is 0 Å². The van der Waals surface area contributed by atoms with E-state index in [1.54, 1.807) is 0 Å². The van der Waals surface area contributed by atoms with Gasteiger partial charge in [0.15, 0.2) is 0 Å². The lowest BCUT2D eigenvalue weighted by Gasteiger charge is -2.08. The van der Waals surface area contributed by atoms with E-state index in [1.165, 1.54) is 0 Å². The molecule has 0 aromatic heterocycles. The zero-order valence-corrected chi connectivity index (χ0v) is 17.1. The number of hydrogen-bond acceptors (Lipinski definition) is 9. The minimum Gasteiger partial charge on any atom is -0.379 e. The lowest BCUT2D eigenvalue weighted by Crippen LogP contribution is -2.16. The number of ether oxygens (including phenoxy) is 7. The van der Waals surface area contributed by atoms with Crippen molar-refractivity contribution >= 4 is 11.8 Å². The summed E-state index contributed by atoms with van der Waals surface area (Å²) in [4.78, 5) is 21.0. The molecule has 0 rings (SSSR count). The fourth-order valence-corrected chi connectivity index (χ4v) is 1.77. The summed E-state index contributed by atoms with van der Waals surface area (Å²) in [5.41, 5.74) is 9.97. The highest BCUT2D eigenvalue weighted by Crippen LogP contribution is 1.86. The molecule has 0 fully saturated rings. The lowest BCUT2D eigenvalue weighted by molar-refractivity contribution is -0.120. The van der Waals surface area contributed by atoms with Gasteiger partial charge in [-0.2, -0.15) is 0 Å². The molecule has 0 spiro atoms. The molecule has 0 aliphatic carbocycles. The number of carbonyl (C=O) groups is 2. The quantitative estimate of drug-likeness (QED) is 0.183. The number of primary amides is 2. The first-order valence-electron chi connectivity index (χ1n) is 9.73. The molecule has 0 heterocycles. The summed E-state index contributed by atoms with van der Waals surface area (Å²) >= 11 is 0. The highest BCUT2D eigenvalue weighted by Gasteiger charge is 1.96. The van der Waals surface area contributed by atoms with Crippen LogP contribution in [0.15, 0.2) is 0 Å². The molecule has 0 aromatic rings. The predicted molar refractivity (Wildman–Crippen MR) is 103 cm³/mol. The zero-order valence-electron chi connectivity index (χ0n) is 17.1. The molecule has 0 aliphatic rings. The van der Waals surface area contributed by atoms with Crippen LogP contribution in [0.25, 0.3) is 0 Å². The molecule has 0 radical (unpaired) electrons. The summed E-state index contributed by atoms with van der Waals surface area (Å²) in [5.74, 6) is -0.752. The molecule has 2 amide bonds. The van der Waals surface area contributed by atoms with Crippen LogP contribution in [-0.2, 0) is 42.7 Å². The third-order valence-corrected chi connectivity index (χ3v) is 3.22. The van der Waals surface area contributed by atoms with Crippen LogP contribution in [-0.4, -0.2) is 104 Å². The average Bonchev–Trinajstić information content (AvgIpc) is 2.68. The maximum Gasteiger partial charge on any atom is 0.219 e. The van der Waals surface area contributed by atoms with E-state index in [0.717, 1.165) is 0 Å². The monoisotopic (exact) mass is 424 g/mol. The second kappa shape index (κ2) is 22.9. The van der Waals surface area contributed by atoms with Gasteiger partial charge >= 0.3 is 0 Å². The van der Waals surface area contributed by atoms with E-state index in [0.29, 0.717) is 92.5 Å². The van der Waals surface area contributed by atoms with E-state index in [9.17, 15) is 9.59 Å².